The standard InChI is InChI=1S/C16H24ClNO/c1-11-5-7-16(10-18,8-6-11)15(19)14-4-3-13(17)9-12(14)2/h3-4,9,11,15,19H,5-8,10,18H2,1-2H3. The third-order valence-electron chi connectivity index (χ3n) is 4.78. The molecule has 0 aromatic heterocycles. The van der Waals surface area contributed by atoms with Crippen molar-refractivity contribution in [1.82, 2.24) is 0 Å². The molecule has 0 radical (unpaired) electrons. The normalized spacial score (nSPS) is 29.2. The summed E-state index contributed by atoms with van der Waals surface area (Å²) in [7, 11) is 0. The van der Waals surface area contributed by atoms with E-state index in [1.807, 2.05) is 25.1 Å². The maximum Gasteiger partial charge on any atom is 0.0860 e. The molecule has 1 aromatic carbocycles. The van der Waals surface area contributed by atoms with E-state index in [9.17, 15) is 5.11 Å². The van der Waals surface area contributed by atoms with Crippen LogP contribution in [0.4, 0.5) is 0 Å². The number of aliphatic hydroxyl groups is 1. The molecule has 0 bridgehead atoms. The molecule has 1 atom stereocenters. The molecule has 0 spiro atoms. The van der Waals surface area contributed by atoms with Crippen molar-refractivity contribution in [3.8, 4) is 0 Å². The third-order valence-corrected chi connectivity index (χ3v) is 5.02. The lowest BCUT2D eigenvalue weighted by molar-refractivity contribution is -0.00854. The number of rotatable bonds is 3. The number of aryl methyl sites for hydroxylation is 1. The Balaban J connectivity index is 2.27. The monoisotopic (exact) mass is 281 g/mol. The Bertz CT molecular complexity index is 438. The van der Waals surface area contributed by atoms with Crippen LogP contribution < -0.4 is 5.73 Å². The number of halogens is 1. The van der Waals surface area contributed by atoms with Crippen molar-refractivity contribution in [1.29, 1.82) is 0 Å². The summed E-state index contributed by atoms with van der Waals surface area (Å²) in [6, 6.07) is 5.70. The van der Waals surface area contributed by atoms with Gasteiger partial charge in [0.15, 0.2) is 0 Å². The molecule has 2 nitrogen and oxygen atoms in total. The molecular formula is C16H24ClNO. The number of nitrogens with two attached hydrogens (primary N) is 1. The van der Waals surface area contributed by atoms with E-state index >= 15 is 0 Å². The van der Waals surface area contributed by atoms with Gasteiger partial charge in [-0.1, -0.05) is 37.4 Å². The molecule has 106 valence electrons. The minimum Gasteiger partial charge on any atom is -0.388 e. The largest absolute Gasteiger partial charge is 0.388 e. The van der Waals surface area contributed by atoms with Crippen LogP contribution in [0, 0.1) is 18.3 Å². The number of aliphatic hydroxyl groups excluding tert-OH is 1. The summed E-state index contributed by atoms with van der Waals surface area (Å²) in [6.07, 6.45) is 3.84. The maximum atomic E-state index is 10.8. The van der Waals surface area contributed by atoms with Crippen LogP contribution in [0.1, 0.15) is 49.8 Å². The summed E-state index contributed by atoms with van der Waals surface area (Å²) in [5.74, 6) is 0.748. The van der Waals surface area contributed by atoms with Crippen molar-refractivity contribution in [2.45, 2.75) is 45.6 Å². The van der Waals surface area contributed by atoms with Gasteiger partial charge in [0.2, 0.25) is 0 Å². The summed E-state index contributed by atoms with van der Waals surface area (Å²) < 4.78 is 0. The van der Waals surface area contributed by atoms with Crippen LogP contribution >= 0.6 is 11.6 Å². The van der Waals surface area contributed by atoms with Gasteiger partial charge in [0.25, 0.3) is 0 Å². The molecule has 0 heterocycles. The van der Waals surface area contributed by atoms with E-state index in [2.05, 4.69) is 6.92 Å². The molecule has 19 heavy (non-hydrogen) atoms. The van der Waals surface area contributed by atoms with Crippen molar-refractivity contribution in [2.24, 2.45) is 17.1 Å². The second kappa shape index (κ2) is 5.82. The molecule has 1 aliphatic carbocycles. The van der Waals surface area contributed by atoms with Gasteiger partial charge >= 0.3 is 0 Å². The molecule has 0 aliphatic heterocycles. The van der Waals surface area contributed by atoms with Gasteiger partial charge in [0, 0.05) is 17.0 Å². The summed E-state index contributed by atoms with van der Waals surface area (Å²) in [5.41, 5.74) is 7.88. The first kappa shape index (κ1) is 14.8. The average Bonchev–Trinajstić information content (AvgIpc) is 2.39. The van der Waals surface area contributed by atoms with Crippen LogP contribution in [0.3, 0.4) is 0 Å². The maximum absolute atomic E-state index is 10.8. The van der Waals surface area contributed by atoms with Crippen molar-refractivity contribution >= 4 is 11.6 Å². The zero-order chi connectivity index (χ0) is 14.0. The van der Waals surface area contributed by atoms with Crippen LogP contribution in [-0.2, 0) is 0 Å². The van der Waals surface area contributed by atoms with Gasteiger partial charge in [0.1, 0.15) is 0 Å². The first-order chi connectivity index (χ1) is 8.98. The second-order valence-corrected chi connectivity index (χ2v) is 6.59. The highest BCUT2D eigenvalue weighted by Gasteiger charge is 2.40. The first-order valence-corrected chi connectivity index (χ1v) is 7.50. The van der Waals surface area contributed by atoms with E-state index in [-0.39, 0.29) is 5.41 Å². The van der Waals surface area contributed by atoms with E-state index in [0.717, 1.165) is 42.7 Å². The van der Waals surface area contributed by atoms with Gasteiger partial charge in [-0.15, -0.1) is 0 Å². The first-order valence-electron chi connectivity index (χ1n) is 7.13. The topological polar surface area (TPSA) is 46.2 Å². The molecule has 0 saturated heterocycles. The van der Waals surface area contributed by atoms with Gasteiger partial charge in [0.05, 0.1) is 6.10 Å². The van der Waals surface area contributed by atoms with Gasteiger partial charge in [-0.2, -0.15) is 0 Å². The summed E-state index contributed by atoms with van der Waals surface area (Å²) in [4.78, 5) is 0. The fourth-order valence-electron chi connectivity index (χ4n) is 3.20. The predicted molar refractivity (Wildman–Crippen MR) is 80.3 cm³/mol. The molecule has 1 fully saturated rings. The Morgan fingerprint density at radius 1 is 1.42 bits per heavy atom. The second-order valence-electron chi connectivity index (χ2n) is 6.15. The molecule has 0 amide bonds. The predicted octanol–water partition coefficient (Wildman–Crippen LogP) is 3.84. The fourth-order valence-corrected chi connectivity index (χ4v) is 3.43. The smallest absolute Gasteiger partial charge is 0.0860 e. The Morgan fingerprint density at radius 3 is 2.58 bits per heavy atom. The summed E-state index contributed by atoms with van der Waals surface area (Å²) in [5, 5.41) is 11.5. The summed E-state index contributed by atoms with van der Waals surface area (Å²) >= 11 is 5.99. The zero-order valence-corrected chi connectivity index (χ0v) is 12.6. The molecule has 3 N–H and O–H groups in total. The van der Waals surface area contributed by atoms with Gasteiger partial charge in [-0.05, 0) is 48.9 Å². The quantitative estimate of drug-likeness (QED) is 0.884. The lowest BCUT2D eigenvalue weighted by Crippen LogP contribution is -2.40. The highest BCUT2D eigenvalue weighted by Crippen LogP contribution is 2.47. The summed E-state index contributed by atoms with van der Waals surface area (Å²) in [6.45, 7) is 4.82. The highest BCUT2D eigenvalue weighted by molar-refractivity contribution is 6.30. The van der Waals surface area contributed by atoms with Crippen molar-refractivity contribution < 1.29 is 5.11 Å². The van der Waals surface area contributed by atoms with Crippen LogP contribution in [0.25, 0.3) is 0 Å². The third kappa shape index (κ3) is 2.96. The zero-order valence-electron chi connectivity index (χ0n) is 11.8. The molecule has 1 aromatic rings. The molecule has 3 heteroatoms. The van der Waals surface area contributed by atoms with E-state index in [1.165, 1.54) is 0 Å². The fraction of sp³-hybridized carbons (Fsp3) is 0.625. The van der Waals surface area contributed by atoms with Crippen molar-refractivity contribution in [2.75, 3.05) is 6.54 Å². The van der Waals surface area contributed by atoms with Crippen molar-refractivity contribution in [3.05, 3.63) is 34.3 Å². The minimum absolute atomic E-state index is 0.162. The number of hydrogen-bond acceptors (Lipinski definition) is 2. The lowest BCUT2D eigenvalue weighted by atomic mass is 9.66. The number of hydrogen-bond donors (Lipinski definition) is 2. The molecule has 1 aliphatic rings. The van der Waals surface area contributed by atoms with Crippen molar-refractivity contribution in [3.63, 3.8) is 0 Å². The van der Waals surface area contributed by atoms with Gasteiger partial charge in [-0.3, -0.25) is 0 Å². The average molecular weight is 282 g/mol. The van der Waals surface area contributed by atoms with Gasteiger partial charge < -0.3 is 10.8 Å². The van der Waals surface area contributed by atoms with Crippen LogP contribution in [-0.4, -0.2) is 11.7 Å². The molecule has 2 rings (SSSR count). The van der Waals surface area contributed by atoms with Crippen LogP contribution in [0.15, 0.2) is 18.2 Å². The Labute approximate surface area is 121 Å². The lowest BCUT2D eigenvalue weighted by Gasteiger charge is -2.42. The molecule has 1 saturated carbocycles. The van der Waals surface area contributed by atoms with E-state index in [0.29, 0.717) is 11.6 Å². The Kier molecular flexibility index (Phi) is 4.54. The minimum atomic E-state index is -0.484. The van der Waals surface area contributed by atoms with E-state index in [1.54, 1.807) is 0 Å². The number of benzene rings is 1. The van der Waals surface area contributed by atoms with E-state index < -0.39 is 6.10 Å². The van der Waals surface area contributed by atoms with Crippen LogP contribution in [0.5, 0.6) is 0 Å². The van der Waals surface area contributed by atoms with Crippen LogP contribution in [0.2, 0.25) is 5.02 Å². The Morgan fingerprint density at radius 2 is 2.05 bits per heavy atom. The van der Waals surface area contributed by atoms with Gasteiger partial charge in [-0.25, -0.2) is 0 Å². The highest BCUT2D eigenvalue weighted by atomic mass is 35.5. The molecule has 1 unspecified atom stereocenters. The Hall–Kier alpha value is -0.570. The molecular weight excluding hydrogens is 258 g/mol. The SMILES string of the molecule is Cc1cc(Cl)ccc1C(O)C1(CN)CCC(C)CC1. The van der Waals surface area contributed by atoms with E-state index in [4.69, 9.17) is 17.3 Å².